The first kappa shape index (κ1) is 13.4. The number of esters is 1. The van der Waals surface area contributed by atoms with E-state index >= 15 is 0 Å². The van der Waals surface area contributed by atoms with Crippen LogP contribution in [0.2, 0.25) is 0 Å². The largest absolute Gasteiger partial charge is 0.474 e. The minimum absolute atomic E-state index is 0.219. The van der Waals surface area contributed by atoms with E-state index in [0.29, 0.717) is 5.75 Å². The van der Waals surface area contributed by atoms with Crippen molar-refractivity contribution < 1.29 is 14.3 Å². The molecule has 1 aromatic carbocycles. The maximum atomic E-state index is 11.9. The molecule has 0 atom stereocenters. The van der Waals surface area contributed by atoms with Crippen LogP contribution in [0, 0.1) is 0 Å². The van der Waals surface area contributed by atoms with Gasteiger partial charge < -0.3 is 9.47 Å². The average molecular weight is 336 g/mol. The molecule has 2 aromatic rings. The minimum atomic E-state index is -0.485. The highest BCUT2D eigenvalue weighted by Gasteiger charge is 2.37. The summed E-state index contributed by atoms with van der Waals surface area (Å²) in [5.41, 5.74) is 0.967. The molecule has 0 bridgehead atoms. The SMILES string of the molecule is COC(=O)c1nc2ccccc2cc1OC1(Br)CCC1. The van der Waals surface area contributed by atoms with Crippen molar-refractivity contribution in [3.8, 4) is 5.75 Å². The van der Waals surface area contributed by atoms with Crippen molar-refractivity contribution in [2.24, 2.45) is 0 Å². The quantitative estimate of drug-likeness (QED) is 0.634. The average Bonchev–Trinajstić information content (AvgIpc) is 2.44. The van der Waals surface area contributed by atoms with Crippen LogP contribution in [0.5, 0.6) is 5.75 Å². The number of nitrogens with zero attached hydrogens (tertiary/aromatic N) is 1. The van der Waals surface area contributed by atoms with Crippen LogP contribution in [0.15, 0.2) is 30.3 Å². The Bertz CT molecular complexity index is 667. The molecule has 3 rings (SSSR count). The number of ether oxygens (including phenoxy) is 2. The highest BCUT2D eigenvalue weighted by molar-refractivity contribution is 9.10. The number of halogens is 1. The number of fused-ring (bicyclic) bond motifs is 1. The smallest absolute Gasteiger partial charge is 0.360 e. The highest BCUT2D eigenvalue weighted by atomic mass is 79.9. The lowest BCUT2D eigenvalue weighted by atomic mass is 9.96. The van der Waals surface area contributed by atoms with Gasteiger partial charge in [-0.1, -0.05) is 18.2 Å². The Hall–Kier alpha value is -1.62. The number of alkyl halides is 1. The van der Waals surface area contributed by atoms with E-state index in [4.69, 9.17) is 9.47 Å². The number of benzene rings is 1. The Balaban J connectivity index is 2.08. The summed E-state index contributed by atoms with van der Waals surface area (Å²) in [4.78, 5) is 16.3. The van der Waals surface area contributed by atoms with Gasteiger partial charge in [0.25, 0.3) is 0 Å². The maximum Gasteiger partial charge on any atom is 0.360 e. The molecule has 4 nitrogen and oxygen atoms in total. The van der Waals surface area contributed by atoms with Crippen molar-refractivity contribution in [2.75, 3.05) is 7.11 Å². The molecule has 0 spiro atoms. The van der Waals surface area contributed by atoms with Crippen LogP contribution in [0.1, 0.15) is 29.8 Å². The van der Waals surface area contributed by atoms with Gasteiger partial charge in [-0.05, 0) is 47.3 Å². The number of rotatable bonds is 3. The molecule has 0 radical (unpaired) electrons. The minimum Gasteiger partial charge on any atom is -0.474 e. The molecule has 0 saturated heterocycles. The van der Waals surface area contributed by atoms with Crippen molar-refractivity contribution >= 4 is 32.8 Å². The zero-order chi connectivity index (χ0) is 14.2. The molecular weight excluding hydrogens is 322 g/mol. The lowest BCUT2D eigenvalue weighted by Gasteiger charge is -2.36. The van der Waals surface area contributed by atoms with E-state index in [2.05, 4.69) is 20.9 Å². The number of hydrogen-bond donors (Lipinski definition) is 0. The molecule has 1 heterocycles. The summed E-state index contributed by atoms with van der Waals surface area (Å²) in [6.45, 7) is 0. The molecule has 1 aliphatic rings. The summed E-state index contributed by atoms with van der Waals surface area (Å²) in [6.07, 6.45) is 2.95. The fraction of sp³-hybridized carbons (Fsp3) is 0.333. The predicted molar refractivity (Wildman–Crippen MR) is 79.2 cm³/mol. The van der Waals surface area contributed by atoms with E-state index in [1.807, 2.05) is 30.3 Å². The van der Waals surface area contributed by atoms with Gasteiger partial charge in [-0.3, -0.25) is 0 Å². The number of hydrogen-bond acceptors (Lipinski definition) is 4. The van der Waals surface area contributed by atoms with Crippen LogP contribution in [-0.2, 0) is 4.74 Å². The first-order chi connectivity index (χ1) is 9.61. The van der Waals surface area contributed by atoms with Gasteiger partial charge in [-0.25, -0.2) is 9.78 Å². The van der Waals surface area contributed by atoms with Crippen LogP contribution in [0.25, 0.3) is 10.9 Å². The van der Waals surface area contributed by atoms with E-state index in [1.165, 1.54) is 7.11 Å². The summed E-state index contributed by atoms with van der Waals surface area (Å²) in [5.74, 6) is -0.0201. The zero-order valence-corrected chi connectivity index (χ0v) is 12.6. The van der Waals surface area contributed by atoms with E-state index < -0.39 is 5.97 Å². The summed E-state index contributed by atoms with van der Waals surface area (Å²) in [7, 11) is 1.34. The molecule has 1 aromatic heterocycles. The van der Waals surface area contributed by atoms with E-state index in [-0.39, 0.29) is 10.2 Å². The third kappa shape index (κ3) is 2.38. The molecule has 104 valence electrons. The first-order valence-corrected chi connectivity index (χ1v) is 7.27. The zero-order valence-electron chi connectivity index (χ0n) is 11.1. The van der Waals surface area contributed by atoms with Crippen molar-refractivity contribution in [1.82, 2.24) is 4.98 Å². The van der Waals surface area contributed by atoms with Crippen LogP contribution >= 0.6 is 15.9 Å². The number of aromatic nitrogens is 1. The Labute approximate surface area is 125 Å². The molecule has 0 unspecified atom stereocenters. The monoisotopic (exact) mass is 335 g/mol. The molecule has 5 heteroatoms. The van der Waals surface area contributed by atoms with Crippen molar-refractivity contribution in [1.29, 1.82) is 0 Å². The van der Waals surface area contributed by atoms with Crippen molar-refractivity contribution in [3.05, 3.63) is 36.0 Å². The Morgan fingerprint density at radius 2 is 2.10 bits per heavy atom. The summed E-state index contributed by atoms with van der Waals surface area (Å²) >= 11 is 3.57. The fourth-order valence-electron chi connectivity index (χ4n) is 2.17. The standard InChI is InChI=1S/C15H14BrNO3/c1-19-14(18)13-12(20-15(16)7-4-8-15)9-10-5-2-3-6-11(10)17-13/h2-3,5-6,9H,4,7-8H2,1H3. The van der Waals surface area contributed by atoms with Gasteiger partial charge in [0.05, 0.1) is 12.6 Å². The number of pyridine rings is 1. The summed E-state index contributed by atoms with van der Waals surface area (Å²) in [5, 5.41) is 0.936. The van der Waals surface area contributed by atoms with Crippen LogP contribution < -0.4 is 4.74 Å². The molecule has 1 saturated carbocycles. The first-order valence-electron chi connectivity index (χ1n) is 6.47. The molecule has 20 heavy (non-hydrogen) atoms. The fourth-order valence-corrected chi connectivity index (χ4v) is 2.91. The third-order valence-corrected chi connectivity index (χ3v) is 4.42. The van der Waals surface area contributed by atoms with Crippen molar-refractivity contribution in [2.45, 2.75) is 23.8 Å². The van der Waals surface area contributed by atoms with Gasteiger partial charge in [0, 0.05) is 5.39 Å². The molecule has 1 aliphatic carbocycles. The van der Waals surface area contributed by atoms with E-state index in [1.54, 1.807) is 0 Å². The third-order valence-electron chi connectivity index (χ3n) is 3.46. The normalized spacial score (nSPS) is 16.5. The number of carbonyl (C=O) groups is 1. The number of para-hydroxylation sites is 1. The highest BCUT2D eigenvalue weighted by Crippen LogP contribution is 2.42. The van der Waals surface area contributed by atoms with Gasteiger partial charge in [0.1, 0.15) is 0 Å². The second kappa shape index (κ2) is 5.05. The Morgan fingerprint density at radius 1 is 1.35 bits per heavy atom. The van der Waals surface area contributed by atoms with Crippen molar-refractivity contribution in [3.63, 3.8) is 0 Å². The van der Waals surface area contributed by atoms with E-state index in [0.717, 1.165) is 30.2 Å². The lowest BCUT2D eigenvalue weighted by molar-refractivity contribution is 0.0565. The number of carbonyl (C=O) groups excluding carboxylic acids is 1. The Kier molecular flexibility index (Phi) is 3.38. The van der Waals surface area contributed by atoms with Gasteiger partial charge >= 0.3 is 5.97 Å². The summed E-state index contributed by atoms with van der Waals surface area (Å²) < 4.78 is 10.4. The number of methoxy groups -OCH3 is 1. The Morgan fingerprint density at radius 3 is 2.75 bits per heavy atom. The topological polar surface area (TPSA) is 48.4 Å². The summed E-state index contributed by atoms with van der Waals surface area (Å²) in [6, 6.07) is 9.46. The van der Waals surface area contributed by atoms with Gasteiger partial charge in [-0.15, -0.1) is 0 Å². The van der Waals surface area contributed by atoms with Gasteiger partial charge in [0.15, 0.2) is 16.0 Å². The van der Waals surface area contributed by atoms with Crippen LogP contribution in [0.4, 0.5) is 0 Å². The van der Waals surface area contributed by atoms with E-state index in [9.17, 15) is 4.79 Å². The van der Waals surface area contributed by atoms with Crippen LogP contribution in [-0.4, -0.2) is 22.6 Å². The molecule has 0 N–H and O–H groups in total. The van der Waals surface area contributed by atoms with Gasteiger partial charge in [-0.2, -0.15) is 0 Å². The van der Waals surface area contributed by atoms with Gasteiger partial charge in [0.2, 0.25) is 0 Å². The lowest BCUT2D eigenvalue weighted by Crippen LogP contribution is -2.36. The molecular formula is C15H14BrNO3. The predicted octanol–water partition coefficient (Wildman–Crippen LogP) is 3.68. The molecule has 1 fully saturated rings. The second-order valence-electron chi connectivity index (χ2n) is 4.86. The molecule has 0 amide bonds. The second-order valence-corrected chi connectivity index (χ2v) is 6.30. The van der Waals surface area contributed by atoms with Crippen LogP contribution in [0.3, 0.4) is 0 Å². The molecule has 0 aliphatic heterocycles. The maximum absolute atomic E-state index is 11.9.